The summed E-state index contributed by atoms with van der Waals surface area (Å²) in [7, 11) is 0. The lowest BCUT2D eigenvalue weighted by molar-refractivity contribution is 0.0860. The third kappa shape index (κ3) is 3.62. The molecule has 1 aliphatic rings. The number of aliphatic imine (C=N–C) groups is 1. The van der Waals surface area contributed by atoms with Crippen LogP contribution in [0.5, 0.6) is 0 Å². The van der Waals surface area contributed by atoms with Gasteiger partial charge in [-0.2, -0.15) is 0 Å². The molecule has 0 saturated carbocycles. The van der Waals surface area contributed by atoms with E-state index in [-0.39, 0.29) is 11.4 Å². The number of amidine groups is 1. The Morgan fingerprint density at radius 2 is 1.96 bits per heavy atom. The van der Waals surface area contributed by atoms with E-state index in [1.165, 1.54) is 34.9 Å². The van der Waals surface area contributed by atoms with Crippen LogP contribution < -0.4 is 0 Å². The first-order chi connectivity index (χ1) is 11.5. The molecule has 1 aliphatic heterocycles. The molecule has 0 spiro atoms. The van der Waals surface area contributed by atoms with Crippen LogP contribution in [0.15, 0.2) is 47.5 Å². The van der Waals surface area contributed by atoms with E-state index in [1.807, 2.05) is 0 Å². The minimum Gasteiger partial charge on any atom is -0.286 e. The van der Waals surface area contributed by atoms with Crippen LogP contribution in [0.4, 0.5) is 13.2 Å². The number of carbonyl (C=O) groups excluding carboxylic acids is 1. The van der Waals surface area contributed by atoms with Crippen molar-refractivity contribution in [3.05, 3.63) is 71.0 Å². The maximum atomic E-state index is 13.3. The van der Waals surface area contributed by atoms with Crippen molar-refractivity contribution in [1.29, 1.82) is 0 Å². The zero-order chi connectivity index (χ0) is 17.1. The van der Waals surface area contributed by atoms with Crippen LogP contribution in [0.25, 0.3) is 0 Å². The molecule has 0 fully saturated rings. The van der Waals surface area contributed by atoms with Crippen molar-refractivity contribution >= 4 is 22.8 Å². The van der Waals surface area contributed by atoms with Gasteiger partial charge in [-0.25, -0.2) is 13.2 Å². The van der Waals surface area contributed by atoms with E-state index < -0.39 is 17.5 Å². The highest BCUT2D eigenvalue weighted by Crippen LogP contribution is 2.22. The van der Waals surface area contributed by atoms with Gasteiger partial charge in [0.05, 0.1) is 6.54 Å². The number of nitrogens with zero attached hydrogens (tertiary/aromatic N) is 2. The average Bonchev–Trinajstić information content (AvgIpc) is 3.03. The van der Waals surface area contributed by atoms with Gasteiger partial charge in [-0.1, -0.05) is 23.9 Å². The van der Waals surface area contributed by atoms with Crippen LogP contribution in [0.2, 0.25) is 0 Å². The predicted octanol–water partition coefficient (Wildman–Crippen LogP) is 3.85. The Labute approximate surface area is 141 Å². The molecule has 3 rings (SSSR count). The molecule has 0 unspecified atom stereocenters. The molecule has 124 valence electrons. The maximum Gasteiger partial charge on any atom is 0.259 e. The van der Waals surface area contributed by atoms with Crippen molar-refractivity contribution in [2.45, 2.75) is 5.75 Å². The number of hydrogen-bond acceptors (Lipinski definition) is 3. The summed E-state index contributed by atoms with van der Waals surface area (Å²) in [6.45, 7) is 0.824. The number of benzene rings is 2. The summed E-state index contributed by atoms with van der Waals surface area (Å²) in [5.41, 5.74) is 0.838. The van der Waals surface area contributed by atoms with E-state index in [9.17, 15) is 18.0 Å². The highest BCUT2D eigenvalue weighted by molar-refractivity contribution is 8.13. The minimum absolute atomic E-state index is 0.0647. The molecular formula is C17H13F3N2OS. The van der Waals surface area contributed by atoms with Crippen LogP contribution in [0.3, 0.4) is 0 Å². The fourth-order valence-electron chi connectivity index (χ4n) is 2.30. The largest absolute Gasteiger partial charge is 0.286 e. The zero-order valence-corrected chi connectivity index (χ0v) is 13.3. The highest BCUT2D eigenvalue weighted by Gasteiger charge is 2.25. The van der Waals surface area contributed by atoms with Gasteiger partial charge in [0.25, 0.3) is 5.91 Å². The molecule has 1 heterocycles. The Bertz CT molecular complexity index is 810. The maximum absolute atomic E-state index is 13.3. The Hall–Kier alpha value is -2.28. The fourth-order valence-corrected chi connectivity index (χ4v) is 3.29. The molecule has 7 heteroatoms. The van der Waals surface area contributed by atoms with Gasteiger partial charge in [-0.05, 0) is 35.9 Å². The van der Waals surface area contributed by atoms with Crippen molar-refractivity contribution < 1.29 is 18.0 Å². The molecule has 24 heavy (non-hydrogen) atoms. The lowest BCUT2D eigenvalue weighted by Gasteiger charge is -2.18. The number of thioether (sulfide) groups is 1. The van der Waals surface area contributed by atoms with E-state index in [4.69, 9.17) is 0 Å². The van der Waals surface area contributed by atoms with Gasteiger partial charge >= 0.3 is 0 Å². The van der Waals surface area contributed by atoms with Crippen LogP contribution >= 0.6 is 11.8 Å². The number of carbonyl (C=O) groups is 1. The Morgan fingerprint density at radius 1 is 1.12 bits per heavy atom. The van der Waals surface area contributed by atoms with Crippen LogP contribution in [-0.2, 0) is 5.75 Å². The molecule has 0 aromatic heterocycles. The van der Waals surface area contributed by atoms with Crippen molar-refractivity contribution in [3.8, 4) is 0 Å². The van der Waals surface area contributed by atoms with Crippen molar-refractivity contribution in [2.24, 2.45) is 4.99 Å². The molecule has 2 aromatic carbocycles. The van der Waals surface area contributed by atoms with E-state index in [0.717, 1.165) is 17.7 Å². The van der Waals surface area contributed by atoms with Gasteiger partial charge in [-0.3, -0.25) is 14.7 Å². The minimum atomic E-state index is -1.06. The number of rotatable bonds is 3. The van der Waals surface area contributed by atoms with Gasteiger partial charge < -0.3 is 0 Å². The average molecular weight is 350 g/mol. The van der Waals surface area contributed by atoms with E-state index in [0.29, 0.717) is 24.0 Å². The first kappa shape index (κ1) is 16.6. The molecule has 2 aromatic rings. The normalized spacial score (nSPS) is 14.0. The molecule has 0 atom stereocenters. The topological polar surface area (TPSA) is 32.7 Å². The number of hydrogen-bond donors (Lipinski definition) is 0. The monoisotopic (exact) mass is 350 g/mol. The summed E-state index contributed by atoms with van der Waals surface area (Å²) in [6.07, 6.45) is 0. The predicted molar refractivity (Wildman–Crippen MR) is 87.4 cm³/mol. The first-order valence-corrected chi connectivity index (χ1v) is 8.22. The summed E-state index contributed by atoms with van der Waals surface area (Å²) >= 11 is 1.30. The standard InChI is InChI=1S/C17H13F3N2OS/c18-13-3-1-2-11(8-13)10-24-17-21-6-7-22(17)16(23)12-4-5-14(19)15(20)9-12/h1-5,8-9H,6-7,10H2. The van der Waals surface area contributed by atoms with Gasteiger partial charge in [0.2, 0.25) is 0 Å². The summed E-state index contributed by atoms with van der Waals surface area (Å²) in [6, 6.07) is 9.23. The summed E-state index contributed by atoms with van der Waals surface area (Å²) in [5, 5.41) is 0.494. The van der Waals surface area contributed by atoms with Gasteiger partial charge in [0.1, 0.15) is 5.82 Å². The van der Waals surface area contributed by atoms with E-state index in [1.54, 1.807) is 12.1 Å². The molecule has 0 saturated heterocycles. The molecule has 0 aliphatic carbocycles. The SMILES string of the molecule is O=C(c1ccc(F)c(F)c1)N1CCN=C1SCc1cccc(F)c1. The van der Waals surface area contributed by atoms with Crippen LogP contribution in [0.1, 0.15) is 15.9 Å². The molecule has 3 nitrogen and oxygen atoms in total. The summed E-state index contributed by atoms with van der Waals surface area (Å²) in [4.78, 5) is 18.2. The molecular weight excluding hydrogens is 337 g/mol. The highest BCUT2D eigenvalue weighted by atomic mass is 32.2. The van der Waals surface area contributed by atoms with Gasteiger partial charge in [0.15, 0.2) is 16.8 Å². The lowest BCUT2D eigenvalue weighted by atomic mass is 10.2. The zero-order valence-electron chi connectivity index (χ0n) is 12.5. The fraction of sp³-hybridized carbons (Fsp3) is 0.176. The third-order valence-corrected chi connectivity index (χ3v) is 4.56. The number of halogens is 3. The van der Waals surface area contributed by atoms with Crippen molar-refractivity contribution in [3.63, 3.8) is 0 Å². The molecule has 0 N–H and O–H groups in total. The Balaban J connectivity index is 1.70. The second kappa shape index (κ2) is 7.09. The molecule has 0 bridgehead atoms. The summed E-state index contributed by atoms with van der Waals surface area (Å²) < 4.78 is 39.5. The van der Waals surface area contributed by atoms with Crippen molar-refractivity contribution in [1.82, 2.24) is 4.90 Å². The van der Waals surface area contributed by atoms with Gasteiger partial charge in [-0.15, -0.1) is 0 Å². The van der Waals surface area contributed by atoms with Crippen molar-refractivity contribution in [2.75, 3.05) is 13.1 Å². The van der Waals surface area contributed by atoms with Crippen LogP contribution in [-0.4, -0.2) is 29.1 Å². The first-order valence-electron chi connectivity index (χ1n) is 7.23. The van der Waals surface area contributed by atoms with Crippen LogP contribution in [0, 0.1) is 17.5 Å². The Kier molecular flexibility index (Phi) is 4.89. The molecule has 0 radical (unpaired) electrons. The third-order valence-electron chi connectivity index (χ3n) is 3.47. The quantitative estimate of drug-likeness (QED) is 0.842. The van der Waals surface area contributed by atoms with E-state index in [2.05, 4.69) is 4.99 Å². The lowest BCUT2D eigenvalue weighted by Crippen LogP contribution is -2.33. The Morgan fingerprint density at radius 3 is 2.71 bits per heavy atom. The smallest absolute Gasteiger partial charge is 0.259 e. The number of amides is 1. The summed E-state index contributed by atoms with van der Waals surface area (Å²) in [5.74, 6) is -2.36. The molecule has 1 amide bonds. The second-order valence-corrected chi connectivity index (χ2v) is 6.11. The van der Waals surface area contributed by atoms with Gasteiger partial charge in [0, 0.05) is 17.9 Å². The second-order valence-electron chi connectivity index (χ2n) is 5.17. The van der Waals surface area contributed by atoms with E-state index >= 15 is 0 Å².